The van der Waals surface area contributed by atoms with Crippen LogP contribution < -0.4 is 0 Å². The second-order valence-electron chi connectivity index (χ2n) is 6.74. The average Bonchev–Trinajstić information content (AvgIpc) is 3.11. The van der Waals surface area contributed by atoms with Crippen LogP contribution >= 0.6 is 0 Å². The number of aromatic nitrogens is 3. The zero-order valence-corrected chi connectivity index (χ0v) is 18.5. The quantitative estimate of drug-likeness (QED) is 0.116. The number of allylic oxidation sites excluding steroid dienone is 3. The van der Waals surface area contributed by atoms with Crippen LogP contribution in [0, 0.1) is 0 Å². The van der Waals surface area contributed by atoms with Gasteiger partial charge in [0.2, 0.25) is 5.82 Å². The number of ether oxygens (including phenoxy) is 1. The van der Waals surface area contributed by atoms with Gasteiger partial charge in [0.15, 0.2) is 5.82 Å². The largest absolute Gasteiger partial charge is 0.522 e. The monoisotopic (exact) mass is 481 g/mol. The van der Waals surface area contributed by atoms with E-state index in [-0.39, 0.29) is 18.9 Å². The molecule has 0 radical (unpaired) electrons. The minimum atomic E-state index is -4.81. The Balaban J connectivity index is 3.17. The third-order valence-electron chi connectivity index (χ3n) is 3.99. The molecule has 184 valence electrons. The lowest BCUT2D eigenvalue weighted by atomic mass is 10.1. The SMILES string of the molecule is C=Cc1nnc(C(F)(F)F)n1/C=C(C)/C(/C=C\COC(F)(F)F)=C/CCO/N=C(/C)N(C)C. The van der Waals surface area contributed by atoms with Crippen LogP contribution in [0.4, 0.5) is 26.3 Å². The standard InChI is InChI=1S/C20H25F6N5O2/c1-6-17-27-28-18(19(21,22)23)31(17)13-14(2)16(9-7-11-32-20(24,25)26)10-8-12-33-29-15(3)30(4)5/h6-7,9-10,13H,1,8,11-12H2,2-5H3/b9-7-,14-13+,16-10+,29-15-. The molecule has 0 N–H and O–H groups in total. The predicted molar refractivity (Wildman–Crippen MR) is 112 cm³/mol. The normalized spacial score (nSPS) is 14.2. The van der Waals surface area contributed by atoms with Crippen molar-refractivity contribution in [1.82, 2.24) is 19.7 Å². The molecule has 1 rings (SSSR count). The first kappa shape index (κ1) is 27.9. The molecule has 0 saturated heterocycles. The summed E-state index contributed by atoms with van der Waals surface area (Å²) < 4.78 is 80.7. The first-order valence-corrected chi connectivity index (χ1v) is 9.50. The van der Waals surface area contributed by atoms with E-state index in [0.717, 1.165) is 18.4 Å². The van der Waals surface area contributed by atoms with Gasteiger partial charge in [-0.3, -0.25) is 9.30 Å². The first-order chi connectivity index (χ1) is 15.3. The summed E-state index contributed by atoms with van der Waals surface area (Å²) in [5.74, 6) is -0.803. The van der Waals surface area contributed by atoms with Crippen molar-refractivity contribution in [2.75, 3.05) is 27.3 Å². The Hall–Kier alpha value is -3.09. The number of rotatable bonds is 10. The fourth-order valence-electron chi connectivity index (χ4n) is 2.20. The van der Waals surface area contributed by atoms with Crippen molar-refractivity contribution < 1.29 is 35.9 Å². The van der Waals surface area contributed by atoms with Gasteiger partial charge in [0.1, 0.15) is 12.4 Å². The molecule has 0 aliphatic heterocycles. The van der Waals surface area contributed by atoms with Gasteiger partial charge in [-0.2, -0.15) is 13.2 Å². The molecular formula is C20H25F6N5O2. The lowest BCUT2D eigenvalue weighted by Gasteiger charge is -2.11. The summed E-state index contributed by atoms with van der Waals surface area (Å²) in [4.78, 5) is 6.89. The van der Waals surface area contributed by atoms with Crippen molar-refractivity contribution in [1.29, 1.82) is 0 Å². The maximum atomic E-state index is 13.2. The average molecular weight is 481 g/mol. The molecule has 33 heavy (non-hydrogen) atoms. The number of amidine groups is 1. The fraction of sp³-hybridized carbons (Fsp3) is 0.450. The highest BCUT2D eigenvalue weighted by Crippen LogP contribution is 2.29. The molecule has 0 aliphatic carbocycles. The van der Waals surface area contributed by atoms with E-state index in [9.17, 15) is 26.3 Å². The summed E-state index contributed by atoms with van der Waals surface area (Å²) in [6.07, 6.45) is -3.11. The summed E-state index contributed by atoms with van der Waals surface area (Å²) >= 11 is 0. The van der Waals surface area contributed by atoms with Crippen LogP contribution in [0.15, 0.2) is 41.1 Å². The molecular weight excluding hydrogens is 456 g/mol. The van der Waals surface area contributed by atoms with Crippen molar-refractivity contribution in [2.24, 2.45) is 5.16 Å². The van der Waals surface area contributed by atoms with Crippen molar-refractivity contribution in [3.63, 3.8) is 0 Å². The van der Waals surface area contributed by atoms with Crippen molar-refractivity contribution in [2.45, 2.75) is 32.8 Å². The van der Waals surface area contributed by atoms with Gasteiger partial charge < -0.3 is 9.74 Å². The van der Waals surface area contributed by atoms with E-state index in [1.165, 1.54) is 13.0 Å². The molecule has 1 aromatic rings. The van der Waals surface area contributed by atoms with E-state index in [0.29, 0.717) is 21.5 Å². The summed E-state index contributed by atoms with van der Waals surface area (Å²) in [7, 11) is 3.56. The molecule has 7 nitrogen and oxygen atoms in total. The first-order valence-electron chi connectivity index (χ1n) is 9.50. The highest BCUT2D eigenvalue weighted by Gasteiger charge is 2.37. The molecule has 0 atom stereocenters. The molecule has 0 bridgehead atoms. The van der Waals surface area contributed by atoms with E-state index in [4.69, 9.17) is 4.84 Å². The Morgan fingerprint density at radius 1 is 1.15 bits per heavy atom. The highest BCUT2D eigenvalue weighted by molar-refractivity contribution is 5.78. The van der Waals surface area contributed by atoms with Crippen LogP contribution in [0.1, 0.15) is 31.9 Å². The number of alkyl halides is 6. The Morgan fingerprint density at radius 2 is 1.82 bits per heavy atom. The lowest BCUT2D eigenvalue weighted by molar-refractivity contribution is -0.319. The fourth-order valence-corrected chi connectivity index (χ4v) is 2.20. The third-order valence-corrected chi connectivity index (χ3v) is 3.99. The Kier molecular flexibility index (Phi) is 10.4. The molecule has 1 aromatic heterocycles. The zero-order valence-electron chi connectivity index (χ0n) is 18.5. The van der Waals surface area contributed by atoms with E-state index >= 15 is 0 Å². The minimum Gasteiger partial charge on any atom is -0.394 e. The Morgan fingerprint density at radius 3 is 2.36 bits per heavy atom. The van der Waals surface area contributed by atoms with Gasteiger partial charge in [0.25, 0.3) is 0 Å². The molecule has 0 unspecified atom stereocenters. The third kappa shape index (κ3) is 9.93. The van der Waals surface area contributed by atoms with E-state index in [2.05, 4.69) is 26.7 Å². The minimum absolute atomic E-state index is 0.132. The summed E-state index contributed by atoms with van der Waals surface area (Å²) in [5, 5.41) is 10.5. The molecule has 0 amide bonds. The van der Waals surface area contributed by atoms with Gasteiger partial charge in [-0.05, 0) is 31.1 Å². The van der Waals surface area contributed by atoms with E-state index in [1.807, 2.05) is 0 Å². The number of halogens is 6. The van der Waals surface area contributed by atoms with Crippen molar-refractivity contribution >= 4 is 18.1 Å². The van der Waals surface area contributed by atoms with E-state index < -0.39 is 25.0 Å². The van der Waals surface area contributed by atoms with Crippen molar-refractivity contribution in [3.05, 3.63) is 47.6 Å². The van der Waals surface area contributed by atoms with Crippen LogP contribution in [0.25, 0.3) is 12.3 Å². The van der Waals surface area contributed by atoms with Crippen LogP contribution in [-0.4, -0.2) is 59.2 Å². The van der Waals surface area contributed by atoms with Crippen LogP contribution in [0.3, 0.4) is 0 Å². The number of nitrogens with zero attached hydrogens (tertiary/aromatic N) is 5. The number of oxime groups is 1. The lowest BCUT2D eigenvalue weighted by Crippen LogP contribution is -2.18. The van der Waals surface area contributed by atoms with Crippen molar-refractivity contribution in [3.8, 4) is 0 Å². The molecule has 13 heteroatoms. The van der Waals surface area contributed by atoms with E-state index in [1.54, 1.807) is 32.0 Å². The molecule has 0 fully saturated rings. The number of hydrogen-bond donors (Lipinski definition) is 0. The summed E-state index contributed by atoms with van der Waals surface area (Å²) in [6.45, 7) is 6.00. The molecule has 0 saturated carbocycles. The zero-order chi connectivity index (χ0) is 25.2. The Bertz CT molecular complexity index is 911. The smallest absolute Gasteiger partial charge is 0.394 e. The van der Waals surface area contributed by atoms with Crippen LogP contribution in [0.2, 0.25) is 0 Å². The summed E-state index contributed by atoms with van der Waals surface area (Å²) in [6, 6.07) is 0. The van der Waals surface area contributed by atoms with Gasteiger partial charge in [-0.1, -0.05) is 30.0 Å². The number of hydrogen-bond acceptors (Lipinski definition) is 5. The maximum Gasteiger partial charge on any atom is 0.522 e. The molecule has 0 spiro atoms. The Labute approximate surface area is 187 Å². The maximum absolute atomic E-state index is 13.2. The van der Waals surface area contributed by atoms with Gasteiger partial charge in [-0.15, -0.1) is 23.4 Å². The van der Waals surface area contributed by atoms with Crippen LogP contribution in [0.5, 0.6) is 0 Å². The van der Waals surface area contributed by atoms with Gasteiger partial charge >= 0.3 is 12.5 Å². The second-order valence-corrected chi connectivity index (χ2v) is 6.74. The summed E-state index contributed by atoms with van der Waals surface area (Å²) in [5.41, 5.74) is 0.633. The molecule has 0 aliphatic rings. The topological polar surface area (TPSA) is 64.8 Å². The molecule has 0 aromatic carbocycles. The molecule has 1 heterocycles. The predicted octanol–water partition coefficient (Wildman–Crippen LogP) is 5.12. The second kappa shape index (κ2) is 12.2. The van der Waals surface area contributed by atoms with Gasteiger partial charge in [-0.25, -0.2) is 0 Å². The van der Waals surface area contributed by atoms with Crippen LogP contribution in [-0.2, 0) is 15.8 Å². The highest BCUT2D eigenvalue weighted by atomic mass is 19.4. The van der Waals surface area contributed by atoms with Gasteiger partial charge in [0, 0.05) is 26.7 Å². The van der Waals surface area contributed by atoms with Gasteiger partial charge in [0.05, 0.1) is 6.61 Å².